The molecular formula is C26H31ClF3NO3S2. The number of carbonyl (C=O) groups is 1. The van der Waals surface area contributed by atoms with Crippen LogP contribution in [0.5, 0.6) is 0 Å². The molecule has 0 saturated carbocycles. The number of amides is 1. The van der Waals surface area contributed by atoms with Crippen molar-refractivity contribution in [3.8, 4) is 0 Å². The Morgan fingerprint density at radius 3 is 2.14 bits per heavy atom. The second-order valence-corrected chi connectivity index (χ2v) is 15.4. The fraction of sp³-hybridized carbons (Fsp3) is 0.500. The maximum atomic E-state index is 13.4. The standard InChI is InChI=1S/C26H31ClF3NO3S2/c1-24(2,3)35-19-9-10-21(22(27)16-19)23(32)31-13-11-17(12-14-31)25(4,5)36(33,34)20-8-6-7-18(15-20)26(28,29)30/h6-10,15-17H,11-14H2,1-5H3. The molecule has 0 N–H and O–H groups in total. The smallest absolute Gasteiger partial charge is 0.339 e. The molecule has 1 aliphatic heterocycles. The summed E-state index contributed by atoms with van der Waals surface area (Å²) in [7, 11) is -4.06. The second kappa shape index (κ2) is 10.2. The molecule has 1 aliphatic rings. The van der Waals surface area contributed by atoms with Crippen LogP contribution in [-0.4, -0.2) is 41.8 Å². The zero-order valence-electron chi connectivity index (χ0n) is 20.9. The summed E-state index contributed by atoms with van der Waals surface area (Å²) in [6.07, 6.45) is -3.81. The molecule has 0 aromatic heterocycles. The summed E-state index contributed by atoms with van der Waals surface area (Å²) >= 11 is 8.07. The van der Waals surface area contributed by atoms with E-state index in [0.717, 1.165) is 17.0 Å². The number of piperidine rings is 1. The van der Waals surface area contributed by atoms with Crippen LogP contribution in [0.15, 0.2) is 52.3 Å². The Morgan fingerprint density at radius 1 is 1.00 bits per heavy atom. The normalized spacial score (nSPS) is 16.3. The van der Waals surface area contributed by atoms with Gasteiger partial charge in [0.1, 0.15) is 0 Å². The van der Waals surface area contributed by atoms with E-state index in [1.54, 1.807) is 42.6 Å². The quantitative estimate of drug-likeness (QED) is 0.358. The minimum absolute atomic E-state index is 0.00204. The van der Waals surface area contributed by atoms with Crippen LogP contribution < -0.4 is 0 Å². The first kappa shape index (κ1) is 28.9. The van der Waals surface area contributed by atoms with Crippen molar-refractivity contribution in [1.82, 2.24) is 4.90 Å². The first-order chi connectivity index (χ1) is 16.4. The molecule has 0 spiro atoms. The number of hydrogen-bond donors (Lipinski definition) is 0. The summed E-state index contributed by atoms with van der Waals surface area (Å²) in [6.45, 7) is 10.0. The van der Waals surface area contributed by atoms with E-state index < -0.39 is 26.3 Å². The van der Waals surface area contributed by atoms with Crippen molar-refractivity contribution >= 4 is 39.1 Å². The molecule has 4 nitrogen and oxygen atoms in total. The minimum atomic E-state index is -4.63. The fourth-order valence-corrected chi connectivity index (χ4v) is 7.57. The third-order valence-corrected chi connectivity index (χ3v) is 10.5. The van der Waals surface area contributed by atoms with Crippen LogP contribution in [0.1, 0.15) is 63.4 Å². The van der Waals surface area contributed by atoms with Crippen LogP contribution in [0.4, 0.5) is 13.2 Å². The van der Waals surface area contributed by atoms with E-state index in [1.165, 1.54) is 6.07 Å². The number of rotatable bonds is 5. The summed E-state index contributed by atoms with van der Waals surface area (Å²) in [5.74, 6) is -0.550. The van der Waals surface area contributed by atoms with Gasteiger partial charge in [-0.2, -0.15) is 13.2 Å². The van der Waals surface area contributed by atoms with Crippen molar-refractivity contribution < 1.29 is 26.4 Å². The highest BCUT2D eigenvalue weighted by molar-refractivity contribution is 8.00. The molecule has 2 aromatic carbocycles. The van der Waals surface area contributed by atoms with Crippen LogP contribution in [0.3, 0.4) is 0 Å². The lowest BCUT2D eigenvalue weighted by Crippen LogP contribution is -2.47. The Kier molecular flexibility index (Phi) is 8.19. The molecular weight excluding hydrogens is 531 g/mol. The van der Waals surface area contributed by atoms with Gasteiger partial charge in [0.25, 0.3) is 5.91 Å². The fourth-order valence-electron chi connectivity index (χ4n) is 4.40. The van der Waals surface area contributed by atoms with Crippen molar-refractivity contribution in [2.24, 2.45) is 5.92 Å². The van der Waals surface area contributed by atoms with Crippen LogP contribution in [-0.2, 0) is 16.0 Å². The second-order valence-electron chi connectivity index (χ2n) is 10.6. The third kappa shape index (κ3) is 6.22. The molecule has 198 valence electrons. The Labute approximate surface area is 220 Å². The number of carbonyl (C=O) groups excluding carboxylic acids is 1. The average Bonchev–Trinajstić information content (AvgIpc) is 2.77. The van der Waals surface area contributed by atoms with Gasteiger partial charge in [-0.15, -0.1) is 11.8 Å². The average molecular weight is 562 g/mol. The van der Waals surface area contributed by atoms with Gasteiger partial charge in [0.15, 0.2) is 9.84 Å². The number of alkyl halides is 3. The Balaban J connectivity index is 1.73. The van der Waals surface area contributed by atoms with E-state index in [2.05, 4.69) is 20.8 Å². The Hall–Kier alpha value is -1.71. The molecule has 0 atom stereocenters. The highest BCUT2D eigenvalue weighted by Gasteiger charge is 2.45. The first-order valence-electron chi connectivity index (χ1n) is 11.6. The molecule has 10 heteroatoms. The maximum absolute atomic E-state index is 13.4. The number of halogens is 4. The molecule has 1 amide bonds. The van der Waals surface area contributed by atoms with Gasteiger partial charge in [-0.05, 0) is 69.0 Å². The predicted molar refractivity (Wildman–Crippen MR) is 138 cm³/mol. The van der Waals surface area contributed by atoms with Gasteiger partial charge >= 0.3 is 6.18 Å². The largest absolute Gasteiger partial charge is 0.416 e. The highest BCUT2D eigenvalue weighted by atomic mass is 35.5. The summed E-state index contributed by atoms with van der Waals surface area (Å²) in [4.78, 5) is 15.4. The summed E-state index contributed by atoms with van der Waals surface area (Å²) in [5, 5.41) is 0.365. The maximum Gasteiger partial charge on any atom is 0.416 e. The van der Waals surface area contributed by atoms with Gasteiger partial charge in [-0.25, -0.2) is 8.42 Å². The third-order valence-electron chi connectivity index (χ3n) is 6.52. The highest BCUT2D eigenvalue weighted by Crippen LogP contribution is 2.40. The molecule has 1 fully saturated rings. The van der Waals surface area contributed by atoms with E-state index in [0.29, 0.717) is 42.6 Å². The molecule has 1 saturated heterocycles. The Morgan fingerprint density at radius 2 is 1.61 bits per heavy atom. The molecule has 2 aromatic rings. The molecule has 0 radical (unpaired) electrons. The van der Waals surface area contributed by atoms with Gasteiger partial charge in [-0.1, -0.05) is 38.4 Å². The van der Waals surface area contributed by atoms with Gasteiger partial charge in [-0.3, -0.25) is 4.79 Å². The number of benzene rings is 2. The van der Waals surface area contributed by atoms with Crippen LogP contribution in [0.25, 0.3) is 0 Å². The van der Waals surface area contributed by atoms with Crippen LogP contribution in [0.2, 0.25) is 5.02 Å². The topological polar surface area (TPSA) is 54.5 Å². The van der Waals surface area contributed by atoms with Crippen molar-refractivity contribution in [3.05, 3.63) is 58.6 Å². The van der Waals surface area contributed by atoms with Crippen LogP contribution >= 0.6 is 23.4 Å². The molecule has 1 heterocycles. The predicted octanol–water partition coefficient (Wildman–Crippen LogP) is 7.35. The van der Waals surface area contributed by atoms with Crippen molar-refractivity contribution in [3.63, 3.8) is 0 Å². The summed E-state index contributed by atoms with van der Waals surface area (Å²) in [5.41, 5.74) is -0.604. The molecule has 0 bridgehead atoms. The van der Waals surface area contributed by atoms with Gasteiger partial charge in [0, 0.05) is 22.7 Å². The molecule has 36 heavy (non-hydrogen) atoms. The van der Waals surface area contributed by atoms with E-state index in [4.69, 9.17) is 11.6 Å². The molecule has 3 rings (SSSR count). The van der Waals surface area contributed by atoms with E-state index in [1.807, 2.05) is 6.07 Å². The summed E-state index contributed by atoms with van der Waals surface area (Å²) in [6, 6.07) is 9.23. The van der Waals surface area contributed by atoms with Gasteiger partial charge in [0.2, 0.25) is 0 Å². The van der Waals surface area contributed by atoms with E-state index >= 15 is 0 Å². The first-order valence-corrected chi connectivity index (χ1v) is 14.3. The SMILES string of the molecule is CC(C)(C)Sc1ccc(C(=O)N2CCC(C(C)(C)S(=O)(=O)c3cccc(C(F)(F)F)c3)CC2)c(Cl)c1. The number of thioether (sulfide) groups is 1. The van der Waals surface area contributed by atoms with E-state index in [-0.39, 0.29) is 21.5 Å². The van der Waals surface area contributed by atoms with Crippen molar-refractivity contribution in [2.75, 3.05) is 13.1 Å². The molecule has 0 unspecified atom stereocenters. The zero-order chi connectivity index (χ0) is 27.1. The lowest BCUT2D eigenvalue weighted by atomic mass is 9.85. The van der Waals surface area contributed by atoms with Gasteiger partial charge < -0.3 is 4.90 Å². The number of hydrogen-bond acceptors (Lipinski definition) is 4. The van der Waals surface area contributed by atoms with Gasteiger partial charge in [0.05, 0.1) is 25.8 Å². The molecule has 0 aliphatic carbocycles. The number of nitrogens with zero attached hydrogens (tertiary/aromatic N) is 1. The number of sulfone groups is 1. The monoisotopic (exact) mass is 561 g/mol. The lowest BCUT2D eigenvalue weighted by molar-refractivity contribution is -0.137. The zero-order valence-corrected chi connectivity index (χ0v) is 23.3. The number of likely N-dealkylation sites (tertiary alicyclic amines) is 1. The Bertz CT molecular complexity index is 1230. The van der Waals surface area contributed by atoms with Crippen LogP contribution in [0, 0.1) is 5.92 Å². The lowest BCUT2D eigenvalue weighted by Gasteiger charge is -2.40. The van der Waals surface area contributed by atoms with Crippen molar-refractivity contribution in [2.45, 2.75) is 72.9 Å². The minimum Gasteiger partial charge on any atom is -0.339 e. The van der Waals surface area contributed by atoms with E-state index in [9.17, 15) is 26.4 Å². The summed E-state index contributed by atoms with van der Waals surface area (Å²) < 4.78 is 64.9. The van der Waals surface area contributed by atoms with Crippen molar-refractivity contribution in [1.29, 1.82) is 0 Å².